The summed E-state index contributed by atoms with van der Waals surface area (Å²) in [4.78, 5) is 78.8. The summed E-state index contributed by atoms with van der Waals surface area (Å²) < 4.78 is 0. The van der Waals surface area contributed by atoms with Crippen molar-refractivity contribution >= 4 is 35.4 Å². The Balaban J connectivity index is 2.17. The molecule has 0 aromatic rings. The second kappa shape index (κ2) is 13.9. The summed E-state index contributed by atoms with van der Waals surface area (Å²) in [5.74, 6) is -2.48. The van der Waals surface area contributed by atoms with E-state index >= 15 is 0 Å². The second-order valence-corrected chi connectivity index (χ2v) is 12.6. The lowest BCUT2D eigenvalue weighted by atomic mass is 9.85. The molecule has 0 aromatic heterocycles. The summed E-state index contributed by atoms with van der Waals surface area (Å²) in [6.45, 7) is 11.7. The molecule has 0 spiro atoms. The number of nitrogens with one attached hydrogen (secondary N) is 3. The van der Waals surface area contributed by atoms with Gasteiger partial charge in [0, 0.05) is 20.1 Å². The first-order valence-electron chi connectivity index (χ1n) is 14.3. The fraction of sp³-hybridized carbons (Fsp3) is 0.786. The minimum atomic E-state index is -1.15. The van der Waals surface area contributed by atoms with E-state index in [-0.39, 0.29) is 24.3 Å². The maximum absolute atomic E-state index is 14.0. The van der Waals surface area contributed by atoms with Crippen LogP contribution in [0.15, 0.2) is 0 Å². The Morgan fingerprint density at radius 3 is 2.20 bits per heavy atom. The van der Waals surface area contributed by atoms with Gasteiger partial charge in [0.05, 0.1) is 12.6 Å². The van der Waals surface area contributed by atoms with E-state index in [9.17, 15) is 28.8 Å². The lowest BCUT2D eigenvalue weighted by molar-refractivity contribution is -0.143. The van der Waals surface area contributed by atoms with Gasteiger partial charge in [-0.25, -0.2) is 4.79 Å². The van der Waals surface area contributed by atoms with Gasteiger partial charge in [-0.15, -0.1) is 0 Å². The Hall–Kier alpha value is -3.18. The average Bonchev–Trinajstić information content (AvgIpc) is 3.56. The van der Waals surface area contributed by atoms with Crippen LogP contribution >= 0.6 is 0 Å². The highest BCUT2D eigenvalue weighted by atomic mass is 16.2. The van der Waals surface area contributed by atoms with Crippen LogP contribution in [-0.2, 0) is 24.0 Å². The predicted molar refractivity (Wildman–Crippen MR) is 150 cm³/mol. The van der Waals surface area contributed by atoms with E-state index in [0.717, 1.165) is 25.7 Å². The van der Waals surface area contributed by atoms with Crippen LogP contribution in [0, 0.1) is 23.2 Å². The third kappa shape index (κ3) is 9.19. The van der Waals surface area contributed by atoms with E-state index in [1.165, 1.54) is 11.8 Å². The Labute approximate surface area is 237 Å². The van der Waals surface area contributed by atoms with Crippen LogP contribution in [0.3, 0.4) is 0 Å². The normalized spacial score (nSPS) is 21.1. The Kier molecular flexibility index (Phi) is 11.5. The zero-order chi connectivity index (χ0) is 30.4. The molecule has 12 heteroatoms. The van der Waals surface area contributed by atoms with Gasteiger partial charge >= 0.3 is 6.03 Å². The molecule has 5 atom stereocenters. The summed E-state index contributed by atoms with van der Waals surface area (Å²) in [6.07, 6.45) is 4.47. The second-order valence-electron chi connectivity index (χ2n) is 12.6. The van der Waals surface area contributed by atoms with Crippen LogP contribution in [0.1, 0.15) is 73.6 Å². The van der Waals surface area contributed by atoms with Crippen molar-refractivity contribution in [3.05, 3.63) is 0 Å². The van der Waals surface area contributed by atoms with E-state index in [2.05, 4.69) is 29.8 Å². The van der Waals surface area contributed by atoms with Gasteiger partial charge in [-0.1, -0.05) is 47.5 Å². The number of nitrogens with two attached hydrogens (primary N) is 1. The number of likely N-dealkylation sites (tertiary alicyclic amines) is 1. The van der Waals surface area contributed by atoms with E-state index in [4.69, 9.17) is 5.73 Å². The molecule has 5 N–H and O–H groups in total. The predicted octanol–water partition coefficient (Wildman–Crippen LogP) is 0.781. The number of likely N-dealkylation sites (N-methyl/N-ethyl adjacent to an activating group) is 1. The molecule has 1 saturated heterocycles. The molecule has 6 amide bonds. The molecule has 1 aliphatic heterocycles. The van der Waals surface area contributed by atoms with Crippen molar-refractivity contribution in [1.29, 1.82) is 0 Å². The first-order chi connectivity index (χ1) is 18.6. The molecule has 0 radical (unpaired) electrons. The Morgan fingerprint density at radius 1 is 1.05 bits per heavy atom. The van der Waals surface area contributed by atoms with Gasteiger partial charge in [0.2, 0.25) is 23.5 Å². The van der Waals surface area contributed by atoms with Crippen molar-refractivity contribution in [1.82, 2.24) is 25.8 Å². The number of carbonyl (C=O) groups excluding carboxylic acids is 6. The first-order valence-corrected chi connectivity index (χ1v) is 14.3. The third-order valence-electron chi connectivity index (χ3n) is 7.91. The summed E-state index contributed by atoms with van der Waals surface area (Å²) in [5, 5.41) is 7.82. The number of amides is 6. The van der Waals surface area contributed by atoms with Crippen LogP contribution in [0.25, 0.3) is 0 Å². The van der Waals surface area contributed by atoms with Crippen molar-refractivity contribution in [2.75, 3.05) is 26.7 Å². The Bertz CT molecular complexity index is 975. The van der Waals surface area contributed by atoms with Gasteiger partial charge in [-0.2, -0.15) is 0 Å². The van der Waals surface area contributed by atoms with E-state index in [0.29, 0.717) is 25.4 Å². The number of hydrogen-bond acceptors (Lipinski definition) is 6. The van der Waals surface area contributed by atoms with Gasteiger partial charge in [0.25, 0.3) is 5.91 Å². The number of rotatable bonds is 13. The summed E-state index contributed by atoms with van der Waals surface area (Å²) in [5.41, 5.74) is 4.36. The van der Waals surface area contributed by atoms with E-state index in [1.54, 1.807) is 32.7 Å². The SMILES string of the molecule is CCCC(C)[C@@H]1C[C@@H](C(=O)NC(C)C(=O)C(N)=O)N(C(=O)C(NC(=O)NCC(=O)N(C)CC2CC2)C(C)(C)C)C1. The van der Waals surface area contributed by atoms with Gasteiger partial charge in [-0.3, -0.25) is 24.0 Å². The zero-order valence-corrected chi connectivity index (χ0v) is 25.0. The molecule has 1 heterocycles. The minimum absolute atomic E-state index is 0.0378. The highest BCUT2D eigenvalue weighted by molar-refractivity contribution is 6.37. The van der Waals surface area contributed by atoms with Crippen LogP contribution in [0.2, 0.25) is 0 Å². The lowest BCUT2D eigenvalue weighted by Gasteiger charge is -2.35. The molecule has 3 unspecified atom stereocenters. The third-order valence-corrected chi connectivity index (χ3v) is 7.91. The topological polar surface area (TPSA) is 171 Å². The average molecular weight is 565 g/mol. The van der Waals surface area contributed by atoms with Gasteiger partial charge in [0.1, 0.15) is 12.1 Å². The minimum Gasteiger partial charge on any atom is -0.363 e. The highest BCUT2D eigenvalue weighted by Gasteiger charge is 2.46. The van der Waals surface area contributed by atoms with Crippen LogP contribution < -0.4 is 21.7 Å². The van der Waals surface area contributed by atoms with Crippen LogP contribution in [-0.4, -0.2) is 90.1 Å². The van der Waals surface area contributed by atoms with Crippen molar-refractivity contribution in [3.8, 4) is 0 Å². The van der Waals surface area contributed by atoms with Gasteiger partial charge in [0.15, 0.2) is 0 Å². The number of hydrogen-bond donors (Lipinski definition) is 4. The monoisotopic (exact) mass is 564 g/mol. The standard InChI is InChI=1S/C28H48N6O6/c1-8-9-16(2)19-12-20(25(38)31-17(3)22(36)24(29)37)34(15-19)26(39)23(28(4,5)6)32-27(40)30-13-21(35)33(7)14-18-10-11-18/h16-20,23H,8-15H2,1-7H3,(H2,29,37)(H,31,38)(H2,30,32,40)/t16?,17?,19-,20+,23?/m1/s1. The molecule has 1 aliphatic carbocycles. The number of carbonyl (C=O) groups is 6. The number of Topliss-reactive ketones (excluding diaryl/α,β-unsaturated/α-hetero) is 1. The van der Waals surface area contributed by atoms with E-state index in [1.807, 2.05) is 0 Å². The molecule has 0 aromatic carbocycles. The molecule has 12 nitrogen and oxygen atoms in total. The molecule has 2 rings (SSSR count). The molecule has 2 aliphatic rings. The molecule has 2 fully saturated rings. The molecule has 1 saturated carbocycles. The van der Waals surface area contributed by atoms with Crippen LogP contribution in [0.5, 0.6) is 0 Å². The zero-order valence-electron chi connectivity index (χ0n) is 25.0. The van der Waals surface area contributed by atoms with Gasteiger partial charge in [-0.05, 0) is 49.4 Å². The molecular weight excluding hydrogens is 516 g/mol. The van der Waals surface area contributed by atoms with Crippen molar-refractivity contribution in [3.63, 3.8) is 0 Å². The molecular formula is C28H48N6O6. The quantitative estimate of drug-likeness (QED) is 0.241. The summed E-state index contributed by atoms with van der Waals surface area (Å²) in [7, 11) is 1.70. The smallest absolute Gasteiger partial charge is 0.315 e. The Morgan fingerprint density at radius 2 is 1.68 bits per heavy atom. The largest absolute Gasteiger partial charge is 0.363 e. The molecule has 0 bridgehead atoms. The van der Waals surface area contributed by atoms with Crippen molar-refractivity contribution in [2.45, 2.75) is 91.8 Å². The fourth-order valence-corrected chi connectivity index (χ4v) is 5.13. The number of ketones is 1. The summed E-state index contributed by atoms with van der Waals surface area (Å²) in [6, 6.07) is -3.66. The van der Waals surface area contributed by atoms with Crippen molar-refractivity contribution < 1.29 is 28.8 Å². The number of primary amides is 1. The maximum atomic E-state index is 14.0. The molecule has 226 valence electrons. The lowest BCUT2D eigenvalue weighted by Crippen LogP contribution is -2.60. The first kappa shape index (κ1) is 33.0. The number of nitrogens with zero attached hydrogens (tertiary/aromatic N) is 2. The molecule has 40 heavy (non-hydrogen) atoms. The van der Waals surface area contributed by atoms with E-state index < -0.39 is 53.1 Å². The van der Waals surface area contributed by atoms with Gasteiger partial charge < -0.3 is 31.5 Å². The summed E-state index contributed by atoms with van der Waals surface area (Å²) >= 11 is 0. The fourth-order valence-electron chi connectivity index (χ4n) is 5.13. The number of urea groups is 1. The van der Waals surface area contributed by atoms with Crippen molar-refractivity contribution in [2.24, 2.45) is 28.9 Å². The van der Waals surface area contributed by atoms with Crippen LogP contribution in [0.4, 0.5) is 4.79 Å². The maximum Gasteiger partial charge on any atom is 0.315 e. The highest BCUT2D eigenvalue weighted by Crippen LogP contribution is 2.34.